The molecular weight excluding hydrogens is 226 g/mol. The van der Waals surface area contributed by atoms with Crippen LogP contribution in [0.2, 0.25) is 0 Å². The first kappa shape index (κ1) is 15.2. The van der Waals surface area contributed by atoms with E-state index in [1.54, 1.807) is 0 Å². The molecule has 0 saturated heterocycles. The van der Waals surface area contributed by atoms with E-state index in [0.717, 1.165) is 32.2 Å². The summed E-state index contributed by atoms with van der Waals surface area (Å²) in [6, 6.07) is 0. The van der Waals surface area contributed by atoms with E-state index in [1.807, 2.05) is 0 Å². The van der Waals surface area contributed by atoms with Gasteiger partial charge in [-0.15, -0.1) is 0 Å². The third-order valence-electron chi connectivity index (χ3n) is 4.07. The second-order valence-corrected chi connectivity index (χ2v) is 5.56. The fourth-order valence-corrected chi connectivity index (χ4v) is 2.99. The van der Waals surface area contributed by atoms with Gasteiger partial charge in [-0.3, -0.25) is 4.79 Å². The predicted octanol–water partition coefficient (Wildman–Crippen LogP) is 3.49. The number of nitrogens with two attached hydrogens (primary N) is 1. The molecule has 1 fully saturated rings. The molecule has 1 rings (SSSR count). The maximum Gasteiger partial charge on any atom is 0.303 e. The maximum absolute atomic E-state index is 10.4. The standard InChI is InChI=1S/C15H27NO2/c16-13-12-15(10-6-3-7-11-15)9-5-2-1-4-8-14(17)18/h2,5H,1,3-4,6-13,16H2,(H,17,18)/b5-2-. The fraction of sp³-hybridized carbons (Fsp3) is 0.800. The molecule has 3 N–H and O–H groups in total. The highest BCUT2D eigenvalue weighted by molar-refractivity contribution is 5.66. The van der Waals surface area contributed by atoms with Crippen LogP contribution in [-0.4, -0.2) is 17.6 Å². The van der Waals surface area contributed by atoms with Crippen LogP contribution in [0, 0.1) is 5.41 Å². The Morgan fingerprint density at radius 1 is 1.22 bits per heavy atom. The van der Waals surface area contributed by atoms with Gasteiger partial charge in [0.15, 0.2) is 0 Å². The van der Waals surface area contributed by atoms with Crippen LogP contribution in [0.4, 0.5) is 0 Å². The molecule has 0 radical (unpaired) electrons. The number of aliphatic carboxylic acids is 1. The lowest BCUT2D eigenvalue weighted by Gasteiger charge is -2.36. The lowest BCUT2D eigenvalue weighted by Crippen LogP contribution is -2.26. The molecule has 0 atom stereocenters. The van der Waals surface area contributed by atoms with Crippen molar-refractivity contribution in [3.63, 3.8) is 0 Å². The molecule has 0 amide bonds. The van der Waals surface area contributed by atoms with Gasteiger partial charge in [0.1, 0.15) is 0 Å². The third kappa shape index (κ3) is 5.67. The molecule has 0 aromatic rings. The average Bonchev–Trinajstić information content (AvgIpc) is 2.35. The SMILES string of the molecule is NCCC1(C/C=C\CCCC(=O)O)CCCCC1. The minimum atomic E-state index is -0.699. The molecule has 0 heterocycles. The molecule has 0 aromatic carbocycles. The van der Waals surface area contributed by atoms with E-state index >= 15 is 0 Å². The number of carboxylic acid groups (broad SMARTS) is 1. The van der Waals surface area contributed by atoms with Crippen molar-refractivity contribution in [1.29, 1.82) is 0 Å². The molecule has 0 bridgehead atoms. The van der Waals surface area contributed by atoms with Crippen molar-refractivity contribution in [2.75, 3.05) is 6.54 Å². The van der Waals surface area contributed by atoms with Crippen molar-refractivity contribution in [2.45, 2.75) is 64.2 Å². The van der Waals surface area contributed by atoms with Crippen molar-refractivity contribution in [3.05, 3.63) is 12.2 Å². The number of carbonyl (C=O) groups is 1. The first-order valence-corrected chi connectivity index (χ1v) is 7.25. The van der Waals surface area contributed by atoms with Gasteiger partial charge < -0.3 is 10.8 Å². The Labute approximate surface area is 110 Å². The molecule has 0 spiro atoms. The van der Waals surface area contributed by atoms with Crippen LogP contribution in [-0.2, 0) is 4.79 Å². The summed E-state index contributed by atoms with van der Waals surface area (Å²) in [5, 5.41) is 8.55. The van der Waals surface area contributed by atoms with E-state index in [2.05, 4.69) is 12.2 Å². The minimum absolute atomic E-state index is 0.276. The number of hydrogen-bond donors (Lipinski definition) is 2. The molecular formula is C15H27NO2. The number of allylic oxidation sites excluding steroid dienone is 2. The lowest BCUT2D eigenvalue weighted by atomic mass is 9.69. The molecule has 3 heteroatoms. The van der Waals surface area contributed by atoms with Crippen molar-refractivity contribution < 1.29 is 9.90 Å². The van der Waals surface area contributed by atoms with Crippen LogP contribution >= 0.6 is 0 Å². The zero-order valence-electron chi connectivity index (χ0n) is 11.4. The lowest BCUT2D eigenvalue weighted by molar-refractivity contribution is -0.137. The number of rotatable bonds is 8. The summed E-state index contributed by atoms with van der Waals surface area (Å²) in [7, 11) is 0. The summed E-state index contributed by atoms with van der Waals surface area (Å²) < 4.78 is 0. The van der Waals surface area contributed by atoms with Gasteiger partial charge in [-0.05, 0) is 50.5 Å². The van der Waals surface area contributed by atoms with Gasteiger partial charge in [-0.25, -0.2) is 0 Å². The predicted molar refractivity (Wildman–Crippen MR) is 74.4 cm³/mol. The number of carboxylic acids is 1. The van der Waals surface area contributed by atoms with Gasteiger partial charge in [0.05, 0.1) is 0 Å². The first-order valence-electron chi connectivity index (χ1n) is 7.25. The monoisotopic (exact) mass is 253 g/mol. The van der Waals surface area contributed by atoms with Crippen LogP contribution in [0.3, 0.4) is 0 Å². The van der Waals surface area contributed by atoms with Crippen LogP contribution in [0.25, 0.3) is 0 Å². The highest BCUT2D eigenvalue weighted by Gasteiger charge is 2.29. The van der Waals surface area contributed by atoms with Crippen LogP contribution in [0.1, 0.15) is 64.2 Å². The van der Waals surface area contributed by atoms with E-state index in [4.69, 9.17) is 10.8 Å². The van der Waals surface area contributed by atoms with Crippen molar-refractivity contribution in [2.24, 2.45) is 11.1 Å². The van der Waals surface area contributed by atoms with Gasteiger partial charge in [0.25, 0.3) is 0 Å². The fourth-order valence-electron chi connectivity index (χ4n) is 2.99. The molecule has 104 valence electrons. The first-order chi connectivity index (χ1) is 8.68. The van der Waals surface area contributed by atoms with E-state index in [-0.39, 0.29) is 6.42 Å². The Morgan fingerprint density at radius 2 is 1.94 bits per heavy atom. The molecule has 0 aromatic heterocycles. The normalized spacial score (nSPS) is 19.2. The third-order valence-corrected chi connectivity index (χ3v) is 4.07. The Hall–Kier alpha value is -0.830. The van der Waals surface area contributed by atoms with Crippen molar-refractivity contribution in [3.8, 4) is 0 Å². The molecule has 0 unspecified atom stereocenters. The number of hydrogen-bond acceptors (Lipinski definition) is 2. The molecule has 1 aliphatic rings. The highest BCUT2D eigenvalue weighted by Crippen LogP contribution is 2.42. The summed E-state index contributed by atoms with van der Waals surface area (Å²) in [5.41, 5.74) is 6.18. The van der Waals surface area contributed by atoms with Gasteiger partial charge in [-0.2, -0.15) is 0 Å². The number of unbranched alkanes of at least 4 members (excludes halogenated alkanes) is 1. The molecule has 1 saturated carbocycles. The topological polar surface area (TPSA) is 63.3 Å². The van der Waals surface area contributed by atoms with Gasteiger partial charge in [0.2, 0.25) is 0 Å². The molecule has 0 aliphatic heterocycles. The summed E-state index contributed by atoms with van der Waals surface area (Å²) in [5.74, 6) is -0.699. The molecule has 18 heavy (non-hydrogen) atoms. The maximum atomic E-state index is 10.4. The average molecular weight is 253 g/mol. The molecule has 3 nitrogen and oxygen atoms in total. The van der Waals surface area contributed by atoms with E-state index < -0.39 is 5.97 Å². The Balaban J connectivity index is 2.28. The van der Waals surface area contributed by atoms with Crippen LogP contribution in [0.15, 0.2) is 12.2 Å². The Kier molecular flexibility index (Phi) is 7.02. The largest absolute Gasteiger partial charge is 0.481 e. The Morgan fingerprint density at radius 3 is 2.56 bits per heavy atom. The second-order valence-electron chi connectivity index (χ2n) is 5.56. The summed E-state index contributed by atoms with van der Waals surface area (Å²) in [6.45, 7) is 0.785. The van der Waals surface area contributed by atoms with Crippen LogP contribution < -0.4 is 5.73 Å². The summed E-state index contributed by atoms with van der Waals surface area (Å²) in [6.07, 6.45) is 15.2. The summed E-state index contributed by atoms with van der Waals surface area (Å²) in [4.78, 5) is 10.4. The second kappa shape index (κ2) is 8.30. The van der Waals surface area contributed by atoms with E-state index in [0.29, 0.717) is 5.41 Å². The smallest absolute Gasteiger partial charge is 0.303 e. The van der Waals surface area contributed by atoms with Gasteiger partial charge >= 0.3 is 5.97 Å². The zero-order chi connectivity index (χ0) is 13.3. The highest BCUT2D eigenvalue weighted by atomic mass is 16.4. The van der Waals surface area contributed by atoms with Gasteiger partial charge in [0, 0.05) is 6.42 Å². The van der Waals surface area contributed by atoms with Crippen molar-refractivity contribution in [1.82, 2.24) is 0 Å². The van der Waals surface area contributed by atoms with E-state index in [1.165, 1.54) is 32.1 Å². The quantitative estimate of drug-likeness (QED) is 0.514. The zero-order valence-corrected chi connectivity index (χ0v) is 11.4. The molecule has 1 aliphatic carbocycles. The van der Waals surface area contributed by atoms with Crippen molar-refractivity contribution >= 4 is 5.97 Å². The van der Waals surface area contributed by atoms with Gasteiger partial charge in [-0.1, -0.05) is 31.4 Å². The summed E-state index contributed by atoms with van der Waals surface area (Å²) >= 11 is 0. The Bertz CT molecular complexity index is 262. The van der Waals surface area contributed by atoms with Crippen LogP contribution in [0.5, 0.6) is 0 Å². The minimum Gasteiger partial charge on any atom is -0.481 e. The van der Waals surface area contributed by atoms with E-state index in [9.17, 15) is 4.79 Å².